The van der Waals surface area contributed by atoms with Crippen molar-refractivity contribution in [1.82, 2.24) is 0 Å². The molecule has 6 nitrogen and oxygen atoms in total. The molecule has 0 aromatic heterocycles. The monoisotopic (exact) mass is 849 g/mol. The highest BCUT2D eigenvalue weighted by Gasteiger charge is 2.19. The minimum atomic E-state index is -0.761. The van der Waals surface area contributed by atoms with Crippen LogP contribution in [0.4, 0.5) is 0 Å². The number of esters is 3. The smallest absolute Gasteiger partial charge is 0.306 e. The molecule has 60 heavy (non-hydrogen) atoms. The van der Waals surface area contributed by atoms with E-state index in [1.807, 2.05) is 0 Å². The van der Waals surface area contributed by atoms with Gasteiger partial charge < -0.3 is 14.2 Å². The van der Waals surface area contributed by atoms with E-state index in [0.29, 0.717) is 19.3 Å². The Bertz CT molecular complexity index is 905. The van der Waals surface area contributed by atoms with Crippen LogP contribution < -0.4 is 0 Å². The largest absolute Gasteiger partial charge is 0.462 e. The number of hydrogen-bond acceptors (Lipinski definition) is 6. The average Bonchev–Trinajstić information content (AvgIpc) is 3.25. The molecule has 0 fully saturated rings. The van der Waals surface area contributed by atoms with Gasteiger partial charge in [-0.3, -0.25) is 14.4 Å². The predicted octanol–water partition coefficient (Wildman–Crippen LogP) is 17.5. The zero-order valence-electron chi connectivity index (χ0n) is 40.9. The maximum atomic E-state index is 12.8. The van der Waals surface area contributed by atoms with Crippen molar-refractivity contribution >= 4 is 17.9 Å². The fraction of sp³-hybridized carbons (Fsp3) is 0.944. The van der Waals surface area contributed by atoms with Crippen LogP contribution in [0.1, 0.15) is 304 Å². The molecule has 0 saturated carbocycles. The van der Waals surface area contributed by atoms with Crippen molar-refractivity contribution < 1.29 is 28.6 Å². The highest BCUT2D eigenvalue weighted by atomic mass is 16.6. The van der Waals surface area contributed by atoms with Crippen LogP contribution in [0.15, 0.2) is 0 Å². The van der Waals surface area contributed by atoms with Crippen LogP contribution in [-0.2, 0) is 28.6 Å². The molecular weight excluding hydrogens is 745 g/mol. The Morgan fingerprint density at radius 3 is 0.867 bits per heavy atom. The zero-order valence-corrected chi connectivity index (χ0v) is 40.9. The van der Waals surface area contributed by atoms with E-state index in [1.54, 1.807) is 0 Å². The van der Waals surface area contributed by atoms with E-state index in [0.717, 1.165) is 63.7 Å². The van der Waals surface area contributed by atoms with Gasteiger partial charge in [0, 0.05) is 19.3 Å². The first kappa shape index (κ1) is 58.4. The molecule has 0 aliphatic rings. The number of unbranched alkanes of at least 4 members (excludes halogenated alkanes) is 35. The fourth-order valence-corrected chi connectivity index (χ4v) is 8.19. The van der Waals surface area contributed by atoms with Gasteiger partial charge in [0.05, 0.1) is 0 Å². The van der Waals surface area contributed by atoms with Crippen LogP contribution in [0, 0.1) is 5.92 Å². The summed E-state index contributed by atoms with van der Waals surface area (Å²) in [5.41, 5.74) is 0. The molecule has 2 atom stereocenters. The number of carbonyl (C=O) groups excluding carboxylic acids is 3. The van der Waals surface area contributed by atoms with Crippen LogP contribution >= 0.6 is 0 Å². The lowest BCUT2D eigenvalue weighted by Gasteiger charge is -2.18. The summed E-state index contributed by atoms with van der Waals surface area (Å²) in [7, 11) is 0. The van der Waals surface area contributed by atoms with E-state index < -0.39 is 6.10 Å². The molecule has 0 aromatic rings. The van der Waals surface area contributed by atoms with Crippen LogP contribution in [-0.4, -0.2) is 37.2 Å². The standard InChI is InChI=1S/C54H104O6/c1-5-8-10-12-14-16-18-20-22-23-25-27-29-34-38-42-46-53(56)59-49-51(60-54(57)47-43-39-35-31-30-32-36-40-44-50(4)7-3)48-58-52(55)45-41-37-33-28-26-24-21-19-17-15-13-11-9-6-2/h50-51H,5-49H2,1-4H3/t50?,51-/m0/s1. The molecule has 0 spiro atoms. The maximum absolute atomic E-state index is 12.8. The minimum absolute atomic E-state index is 0.0629. The summed E-state index contributed by atoms with van der Waals surface area (Å²) in [4.78, 5) is 38.0. The van der Waals surface area contributed by atoms with Crippen molar-refractivity contribution in [3.05, 3.63) is 0 Å². The summed E-state index contributed by atoms with van der Waals surface area (Å²) in [5.74, 6) is 0.00193. The Balaban J connectivity index is 4.30. The lowest BCUT2D eigenvalue weighted by Crippen LogP contribution is -2.30. The topological polar surface area (TPSA) is 78.9 Å². The highest BCUT2D eigenvalue weighted by molar-refractivity contribution is 5.71. The van der Waals surface area contributed by atoms with Crippen LogP contribution in [0.3, 0.4) is 0 Å². The van der Waals surface area contributed by atoms with Crippen molar-refractivity contribution in [2.45, 2.75) is 310 Å². The van der Waals surface area contributed by atoms with Crippen LogP contribution in [0.2, 0.25) is 0 Å². The third-order valence-electron chi connectivity index (χ3n) is 12.7. The quantitative estimate of drug-likeness (QED) is 0.0345. The van der Waals surface area contributed by atoms with Crippen molar-refractivity contribution in [2.24, 2.45) is 5.92 Å². The first-order valence-electron chi connectivity index (χ1n) is 26.9. The Kier molecular flexibility index (Phi) is 47.2. The molecule has 0 aliphatic carbocycles. The number of carbonyl (C=O) groups is 3. The van der Waals surface area contributed by atoms with Gasteiger partial charge in [0.15, 0.2) is 6.10 Å². The molecule has 0 aromatic carbocycles. The number of ether oxygens (including phenoxy) is 3. The van der Waals surface area contributed by atoms with Crippen molar-refractivity contribution in [3.63, 3.8) is 0 Å². The first-order valence-corrected chi connectivity index (χ1v) is 26.9. The second-order valence-corrected chi connectivity index (χ2v) is 18.8. The highest BCUT2D eigenvalue weighted by Crippen LogP contribution is 2.18. The maximum Gasteiger partial charge on any atom is 0.306 e. The van der Waals surface area contributed by atoms with Gasteiger partial charge in [0.1, 0.15) is 13.2 Å². The average molecular weight is 849 g/mol. The number of hydrogen-bond donors (Lipinski definition) is 0. The van der Waals surface area contributed by atoms with Crippen molar-refractivity contribution in [2.75, 3.05) is 13.2 Å². The summed E-state index contributed by atoms with van der Waals surface area (Å²) < 4.78 is 16.8. The van der Waals surface area contributed by atoms with Gasteiger partial charge >= 0.3 is 17.9 Å². The van der Waals surface area contributed by atoms with Crippen molar-refractivity contribution in [1.29, 1.82) is 0 Å². The summed E-state index contributed by atoms with van der Waals surface area (Å²) in [6.45, 7) is 9.04. The molecule has 356 valence electrons. The van der Waals surface area contributed by atoms with E-state index in [2.05, 4.69) is 27.7 Å². The Morgan fingerprint density at radius 1 is 0.333 bits per heavy atom. The Hall–Kier alpha value is -1.59. The third-order valence-corrected chi connectivity index (χ3v) is 12.7. The van der Waals surface area contributed by atoms with E-state index in [-0.39, 0.29) is 31.1 Å². The molecule has 1 unspecified atom stereocenters. The summed E-state index contributed by atoms with van der Waals surface area (Å²) in [5, 5.41) is 0. The SMILES string of the molecule is CCCCCCCCCCCCCCCCCCC(=O)OC[C@H](COC(=O)CCCCCCCCCCCCCCCC)OC(=O)CCCCCCCCCCC(C)CC. The van der Waals surface area contributed by atoms with Gasteiger partial charge in [-0.05, 0) is 25.2 Å². The minimum Gasteiger partial charge on any atom is -0.462 e. The second kappa shape index (κ2) is 48.4. The van der Waals surface area contributed by atoms with Crippen LogP contribution in [0.5, 0.6) is 0 Å². The van der Waals surface area contributed by atoms with Crippen LogP contribution in [0.25, 0.3) is 0 Å². The first-order chi connectivity index (χ1) is 29.4. The fourth-order valence-electron chi connectivity index (χ4n) is 8.19. The third kappa shape index (κ3) is 45.9. The van der Waals surface area contributed by atoms with Gasteiger partial charge in [0.25, 0.3) is 0 Å². The van der Waals surface area contributed by atoms with Gasteiger partial charge in [-0.15, -0.1) is 0 Å². The second-order valence-electron chi connectivity index (χ2n) is 18.8. The molecule has 0 rings (SSSR count). The van der Waals surface area contributed by atoms with Crippen molar-refractivity contribution in [3.8, 4) is 0 Å². The lowest BCUT2D eigenvalue weighted by molar-refractivity contribution is -0.167. The molecule has 0 radical (unpaired) electrons. The lowest BCUT2D eigenvalue weighted by atomic mass is 9.99. The normalized spacial score (nSPS) is 12.4. The molecular formula is C54H104O6. The van der Waals surface area contributed by atoms with E-state index >= 15 is 0 Å². The summed E-state index contributed by atoms with van der Waals surface area (Å²) >= 11 is 0. The Morgan fingerprint density at radius 2 is 0.583 bits per heavy atom. The Labute approximate surface area is 374 Å². The molecule has 6 heteroatoms. The van der Waals surface area contributed by atoms with Gasteiger partial charge in [0.2, 0.25) is 0 Å². The molecule has 0 saturated heterocycles. The van der Waals surface area contributed by atoms with E-state index in [4.69, 9.17) is 14.2 Å². The molecule has 0 amide bonds. The van der Waals surface area contributed by atoms with E-state index in [9.17, 15) is 14.4 Å². The molecule has 0 bridgehead atoms. The van der Waals surface area contributed by atoms with Gasteiger partial charge in [-0.2, -0.15) is 0 Å². The molecule has 0 heterocycles. The van der Waals surface area contributed by atoms with Gasteiger partial charge in [-0.25, -0.2) is 0 Å². The molecule has 0 aliphatic heterocycles. The predicted molar refractivity (Wildman–Crippen MR) is 257 cm³/mol. The summed E-state index contributed by atoms with van der Waals surface area (Å²) in [6, 6.07) is 0. The van der Waals surface area contributed by atoms with E-state index in [1.165, 1.54) is 199 Å². The van der Waals surface area contributed by atoms with Gasteiger partial charge in [-0.1, -0.05) is 265 Å². The zero-order chi connectivity index (χ0) is 43.8. The summed E-state index contributed by atoms with van der Waals surface area (Å²) in [6.07, 6.45) is 50.8. The number of rotatable bonds is 49. The molecule has 0 N–H and O–H groups in total.